The smallest absolute Gasteiger partial charge is 0.242 e. The van der Waals surface area contributed by atoms with E-state index in [0.717, 1.165) is 53.6 Å². The van der Waals surface area contributed by atoms with E-state index >= 15 is 0 Å². The van der Waals surface area contributed by atoms with Gasteiger partial charge in [-0.2, -0.15) is 0 Å². The van der Waals surface area contributed by atoms with Crippen molar-refractivity contribution >= 4 is 29.3 Å². The fourth-order valence-electron chi connectivity index (χ4n) is 4.23. The molecule has 0 spiro atoms. The van der Waals surface area contributed by atoms with Crippen molar-refractivity contribution in [1.82, 2.24) is 4.90 Å². The number of anilines is 1. The van der Waals surface area contributed by atoms with Crippen LogP contribution in [0, 0.1) is 0 Å². The molecular formula is C23H24N2O4S. The lowest BCUT2D eigenvalue weighted by Crippen LogP contribution is -2.44. The summed E-state index contributed by atoms with van der Waals surface area (Å²) in [6.07, 6.45) is 3.58. The summed E-state index contributed by atoms with van der Waals surface area (Å²) in [5.41, 5.74) is 1.85. The van der Waals surface area contributed by atoms with E-state index in [4.69, 9.17) is 9.47 Å². The summed E-state index contributed by atoms with van der Waals surface area (Å²) in [6.45, 7) is 1.91. The number of amides is 2. The average Bonchev–Trinajstić information content (AvgIpc) is 3.20. The van der Waals surface area contributed by atoms with Gasteiger partial charge in [-0.25, -0.2) is 0 Å². The maximum Gasteiger partial charge on any atom is 0.242 e. The summed E-state index contributed by atoms with van der Waals surface area (Å²) < 4.78 is 10.9. The van der Waals surface area contributed by atoms with Crippen LogP contribution in [0.5, 0.6) is 11.5 Å². The summed E-state index contributed by atoms with van der Waals surface area (Å²) in [5.74, 6) is 1.46. The summed E-state index contributed by atoms with van der Waals surface area (Å²) >= 11 is 1.66. The number of carbonyl (C=O) groups is 2. The zero-order valence-electron chi connectivity index (χ0n) is 16.7. The average molecular weight is 425 g/mol. The highest BCUT2D eigenvalue weighted by molar-refractivity contribution is 7.99. The van der Waals surface area contributed by atoms with Gasteiger partial charge < -0.3 is 19.3 Å². The Hall–Kier alpha value is -2.67. The van der Waals surface area contributed by atoms with Gasteiger partial charge in [-0.1, -0.05) is 18.2 Å². The highest BCUT2D eigenvalue weighted by atomic mass is 32.2. The van der Waals surface area contributed by atoms with Crippen LogP contribution in [-0.2, 0) is 9.59 Å². The Morgan fingerprint density at radius 2 is 1.83 bits per heavy atom. The Bertz CT molecular complexity index is 973. The number of fused-ring (bicyclic) bond motifs is 2. The van der Waals surface area contributed by atoms with Gasteiger partial charge in [0.15, 0.2) is 11.5 Å². The van der Waals surface area contributed by atoms with E-state index in [2.05, 4.69) is 0 Å². The third-order valence-corrected chi connectivity index (χ3v) is 7.18. The Kier molecular flexibility index (Phi) is 5.29. The molecule has 6 nitrogen and oxygen atoms in total. The highest BCUT2D eigenvalue weighted by Crippen LogP contribution is 2.47. The lowest BCUT2D eigenvalue weighted by Gasteiger charge is -2.30. The number of hydrogen-bond donors (Lipinski definition) is 0. The van der Waals surface area contributed by atoms with E-state index in [0.29, 0.717) is 6.42 Å². The van der Waals surface area contributed by atoms with Crippen molar-refractivity contribution in [3.05, 3.63) is 48.0 Å². The number of carbonyl (C=O) groups excluding carboxylic acids is 2. The Morgan fingerprint density at radius 1 is 1.03 bits per heavy atom. The third kappa shape index (κ3) is 3.74. The summed E-state index contributed by atoms with van der Waals surface area (Å²) in [4.78, 5) is 30.8. The van der Waals surface area contributed by atoms with Gasteiger partial charge in [-0.15, -0.1) is 11.8 Å². The molecule has 3 aliphatic heterocycles. The molecule has 1 unspecified atom stereocenters. The first kappa shape index (κ1) is 19.3. The molecule has 1 saturated heterocycles. The number of rotatable bonds is 3. The van der Waals surface area contributed by atoms with Crippen LogP contribution in [0.1, 0.15) is 36.5 Å². The SMILES string of the molecule is O=C(CN1C(=O)CC(c2ccc3c(c2)OCO3)Sc2ccccc21)N1CCCCC1. The largest absolute Gasteiger partial charge is 0.454 e. The van der Waals surface area contributed by atoms with Crippen molar-refractivity contribution in [1.29, 1.82) is 0 Å². The molecule has 5 rings (SSSR count). The second-order valence-corrected chi connectivity index (χ2v) is 9.06. The van der Waals surface area contributed by atoms with Gasteiger partial charge in [0.2, 0.25) is 18.6 Å². The fraction of sp³-hybridized carbons (Fsp3) is 0.391. The maximum atomic E-state index is 13.3. The second kappa shape index (κ2) is 8.22. The summed E-state index contributed by atoms with van der Waals surface area (Å²) in [5, 5.41) is -0.0526. The molecule has 0 N–H and O–H groups in total. The standard InChI is InChI=1S/C23H24N2O4S/c26-22-13-21(16-8-9-18-19(12-16)29-15-28-18)30-20-7-3-2-6-17(20)25(22)14-23(27)24-10-4-1-5-11-24/h2-3,6-9,12,21H,1,4-5,10-11,13-15H2. The molecule has 156 valence electrons. The number of benzene rings is 2. The van der Waals surface area contributed by atoms with Crippen molar-refractivity contribution in [2.45, 2.75) is 35.8 Å². The van der Waals surface area contributed by atoms with Gasteiger partial charge in [0.1, 0.15) is 6.54 Å². The van der Waals surface area contributed by atoms with Crippen LogP contribution in [0.3, 0.4) is 0 Å². The zero-order chi connectivity index (χ0) is 20.5. The number of likely N-dealkylation sites (tertiary alicyclic amines) is 1. The van der Waals surface area contributed by atoms with Crippen molar-refractivity contribution in [2.75, 3.05) is 31.3 Å². The fourth-order valence-corrected chi connectivity index (χ4v) is 5.50. The molecule has 3 heterocycles. The molecule has 3 aliphatic rings. The van der Waals surface area contributed by atoms with Crippen LogP contribution in [0.4, 0.5) is 5.69 Å². The first-order valence-corrected chi connectivity index (χ1v) is 11.3. The van der Waals surface area contributed by atoms with Crippen LogP contribution in [0.25, 0.3) is 0 Å². The molecule has 30 heavy (non-hydrogen) atoms. The van der Waals surface area contributed by atoms with Crippen LogP contribution in [0.15, 0.2) is 47.4 Å². The number of thioether (sulfide) groups is 1. The monoisotopic (exact) mass is 424 g/mol. The normalized spacial score (nSPS) is 20.7. The first-order chi connectivity index (χ1) is 14.7. The number of nitrogens with zero attached hydrogens (tertiary/aromatic N) is 2. The molecule has 1 atom stereocenters. The molecular weight excluding hydrogens is 400 g/mol. The van der Waals surface area contributed by atoms with Gasteiger partial charge in [0.05, 0.1) is 5.69 Å². The van der Waals surface area contributed by atoms with E-state index < -0.39 is 0 Å². The number of piperidine rings is 1. The molecule has 0 aromatic heterocycles. The lowest BCUT2D eigenvalue weighted by molar-refractivity contribution is -0.132. The van der Waals surface area contributed by atoms with E-state index in [9.17, 15) is 9.59 Å². The van der Waals surface area contributed by atoms with Crippen LogP contribution >= 0.6 is 11.8 Å². The third-order valence-electron chi connectivity index (χ3n) is 5.86. The van der Waals surface area contributed by atoms with Crippen molar-refractivity contribution < 1.29 is 19.1 Å². The zero-order valence-corrected chi connectivity index (χ0v) is 17.5. The second-order valence-electron chi connectivity index (χ2n) is 7.81. The van der Waals surface area contributed by atoms with Gasteiger partial charge in [-0.3, -0.25) is 9.59 Å². The van der Waals surface area contributed by atoms with Crippen molar-refractivity contribution in [3.8, 4) is 11.5 Å². The van der Waals surface area contributed by atoms with Crippen molar-refractivity contribution in [3.63, 3.8) is 0 Å². The first-order valence-electron chi connectivity index (χ1n) is 10.4. The lowest BCUT2D eigenvalue weighted by atomic mass is 10.1. The molecule has 2 amide bonds. The topological polar surface area (TPSA) is 59.1 Å². The highest BCUT2D eigenvalue weighted by Gasteiger charge is 2.32. The van der Waals surface area contributed by atoms with Gasteiger partial charge in [-0.05, 0) is 49.1 Å². The predicted octanol–water partition coefficient (Wildman–Crippen LogP) is 4.00. The van der Waals surface area contributed by atoms with E-state index in [-0.39, 0.29) is 30.4 Å². The van der Waals surface area contributed by atoms with Crippen molar-refractivity contribution in [2.24, 2.45) is 0 Å². The molecule has 2 aromatic rings. The number of hydrogen-bond acceptors (Lipinski definition) is 5. The molecule has 2 aromatic carbocycles. The van der Waals surface area contributed by atoms with E-state index in [1.165, 1.54) is 6.42 Å². The van der Waals surface area contributed by atoms with Gasteiger partial charge >= 0.3 is 0 Å². The Morgan fingerprint density at radius 3 is 2.70 bits per heavy atom. The minimum Gasteiger partial charge on any atom is -0.454 e. The van der Waals surface area contributed by atoms with Crippen LogP contribution in [0.2, 0.25) is 0 Å². The maximum absolute atomic E-state index is 13.3. The minimum absolute atomic E-state index is 0.0273. The quantitative estimate of drug-likeness (QED) is 0.746. The van der Waals surface area contributed by atoms with E-state index in [1.54, 1.807) is 16.7 Å². The van der Waals surface area contributed by atoms with Crippen LogP contribution in [-0.4, -0.2) is 43.1 Å². The summed E-state index contributed by atoms with van der Waals surface area (Å²) in [6, 6.07) is 13.7. The van der Waals surface area contributed by atoms with Gasteiger partial charge in [0, 0.05) is 29.7 Å². The Labute approximate surface area is 180 Å². The predicted molar refractivity (Wildman–Crippen MR) is 115 cm³/mol. The molecule has 0 saturated carbocycles. The molecule has 7 heteroatoms. The Balaban J connectivity index is 1.42. The molecule has 0 bridgehead atoms. The minimum atomic E-state index is -0.0526. The number of ether oxygens (including phenoxy) is 2. The summed E-state index contributed by atoms with van der Waals surface area (Å²) in [7, 11) is 0. The van der Waals surface area contributed by atoms with E-state index in [1.807, 2.05) is 47.4 Å². The molecule has 0 radical (unpaired) electrons. The molecule has 1 fully saturated rings. The number of para-hydroxylation sites is 1. The molecule has 0 aliphatic carbocycles. The van der Waals surface area contributed by atoms with Gasteiger partial charge in [0.25, 0.3) is 0 Å². The van der Waals surface area contributed by atoms with Crippen LogP contribution < -0.4 is 14.4 Å².